The number of allylic oxidation sites excluding steroid dienone is 2. The average molecular weight is 916 g/mol. The number of carbonyl (C=O) groups excluding carboxylic acids is 2. The number of aliphatic hydroxyl groups excluding tert-OH is 1. The number of carbonyl (C=O) groups is 2. The van der Waals surface area contributed by atoms with Crippen LogP contribution in [0.3, 0.4) is 0 Å². The summed E-state index contributed by atoms with van der Waals surface area (Å²) in [6.07, 6.45) is 15.7. The molecule has 2 saturated carbocycles. The lowest BCUT2D eigenvalue weighted by Gasteiger charge is -2.45. The Morgan fingerprint density at radius 1 is 0.969 bits per heavy atom. The molecule has 344 valence electrons. The Bertz CT molecular complexity index is 2470. The summed E-state index contributed by atoms with van der Waals surface area (Å²) in [4.78, 5) is 31.1. The van der Waals surface area contributed by atoms with E-state index in [1.165, 1.54) is 25.7 Å². The highest BCUT2D eigenvalue weighted by atomic mass is 33.1. The number of H-pyrrole nitrogens is 1. The number of aromatic nitrogens is 1. The summed E-state index contributed by atoms with van der Waals surface area (Å²) >= 11 is 0. The van der Waals surface area contributed by atoms with Crippen molar-refractivity contribution >= 4 is 33.2 Å². The Labute approximate surface area is 392 Å². The van der Waals surface area contributed by atoms with Crippen LogP contribution in [0.25, 0.3) is 0 Å². The molecule has 4 aliphatic rings. The number of unbranched alkanes of at least 4 members (excludes halogenated alkanes) is 2. The topological polar surface area (TPSA) is 172 Å². The predicted molar refractivity (Wildman–Crippen MR) is 262 cm³/mol. The highest BCUT2D eigenvalue weighted by Crippen LogP contribution is 2.64. The molecular formula is C54H65N3O6S2. The number of fused-ring (bicyclic) bond motifs is 7. The van der Waals surface area contributed by atoms with Gasteiger partial charge < -0.3 is 36.5 Å². The molecule has 11 heteroatoms. The van der Waals surface area contributed by atoms with Crippen molar-refractivity contribution in [1.82, 2.24) is 4.98 Å². The van der Waals surface area contributed by atoms with Crippen molar-refractivity contribution in [1.29, 1.82) is 0 Å². The van der Waals surface area contributed by atoms with Gasteiger partial charge in [0.1, 0.15) is 5.75 Å². The van der Waals surface area contributed by atoms with Crippen LogP contribution in [0, 0.1) is 34.5 Å². The second kappa shape index (κ2) is 20.6. The number of ketones is 2. The molecule has 3 aliphatic carbocycles. The van der Waals surface area contributed by atoms with Gasteiger partial charge in [-0.3, -0.25) is 9.59 Å². The summed E-state index contributed by atoms with van der Waals surface area (Å²) < 4.78 is 6.17. The minimum Gasteiger partial charge on any atom is -0.508 e. The quantitative estimate of drug-likeness (QED) is 0.0454. The standard InChI is InChI=1S/C54H65N3O6S2/c1-3-4-5-7-34(2)24-39-16-20-54-32-53(39,30-51(54)62)21-17-40(58)13-10-35-12-15-48(60)50(26-35)63-23-19-36-11-14-47(59)45(25-36)44-29-49(61)41-18-22-57-46(41)9-6-8-37-27-43(52(55)56)38(28-42(37)44)31-64-65-33-54/h11-12,14-15,17-18,21-22,25-28,34,39,44,51-52,57,59-60,62H,3-5,7,9-10,13,16,19-20,23-24,29-33,55-56H2,1-2H3. The van der Waals surface area contributed by atoms with Gasteiger partial charge >= 0.3 is 0 Å². The maximum Gasteiger partial charge on any atom is 0.165 e. The van der Waals surface area contributed by atoms with Crippen LogP contribution >= 0.6 is 21.6 Å². The average Bonchev–Trinajstić information content (AvgIpc) is 3.85. The molecule has 8 bridgehead atoms. The number of aryl methyl sites for hydroxylation is 1. The number of hydrogen-bond donors (Lipinski definition) is 6. The number of aromatic amines is 1. The predicted octanol–water partition coefficient (Wildman–Crippen LogP) is 10.4. The molecule has 2 heterocycles. The monoisotopic (exact) mass is 915 g/mol. The van der Waals surface area contributed by atoms with E-state index in [0.717, 1.165) is 64.9 Å². The smallest absolute Gasteiger partial charge is 0.165 e. The summed E-state index contributed by atoms with van der Waals surface area (Å²) in [7, 11) is 3.49. The van der Waals surface area contributed by atoms with Gasteiger partial charge in [0.15, 0.2) is 23.1 Å². The van der Waals surface area contributed by atoms with Crippen LogP contribution < -0.4 is 16.2 Å². The highest BCUT2D eigenvalue weighted by molar-refractivity contribution is 8.76. The molecule has 3 aromatic carbocycles. The molecule has 0 saturated heterocycles. The molecule has 4 aromatic rings. The number of nitrogens with one attached hydrogen (secondary N) is 1. The van der Waals surface area contributed by atoms with Crippen molar-refractivity contribution in [2.24, 2.45) is 34.1 Å². The fourth-order valence-corrected chi connectivity index (χ4v) is 14.0. The molecule has 9 nitrogen and oxygen atoms in total. The zero-order valence-electron chi connectivity index (χ0n) is 37.9. The number of nitrogens with two attached hydrogens (primary N) is 2. The third-order valence-electron chi connectivity index (χ3n) is 14.9. The Balaban J connectivity index is 1.16. The lowest BCUT2D eigenvalue weighted by Crippen LogP contribution is -2.38. The first-order valence-electron chi connectivity index (χ1n) is 23.6. The van der Waals surface area contributed by atoms with Gasteiger partial charge in [-0.15, -0.1) is 0 Å². The number of benzene rings is 3. The van der Waals surface area contributed by atoms with Crippen LogP contribution in [0.15, 0.2) is 72.9 Å². The number of hydrogen-bond acceptors (Lipinski definition) is 10. The first-order chi connectivity index (χ1) is 31.4. The van der Waals surface area contributed by atoms with Crippen molar-refractivity contribution < 1.29 is 29.6 Å². The minimum absolute atomic E-state index is 0.0175. The molecule has 8 rings (SSSR count). The molecule has 1 aromatic heterocycles. The Hall–Kier alpha value is -4.44. The van der Waals surface area contributed by atoms with Gasteiger partial charge in [0.25, 0.3) is 0 Å². The van der Waals surface area contributed by atoms with Crippen molar-refractivity contribution in [3.63, 3.8) is 0 Å². The van der Waals surface area contributed by atoms with Crippen LogP contribution in [-0.4, -0.2) is 50.3 Å². The molecule has 0 amide bonds. The van der Waals surface area contributed by atoms with E-state index in [4.69, 9.17) is 16.2 Å². The third-order valence-corrected chi connectivity index (χ3v) is 17.3. The molecule has 65 heavy (non-hydrogen) atoms. The van der Waals surface area contributed by atoms with Crippen molar-refractivity contribution in [2.75, 3.05) is 12.4 Å². The van der Waals surface area contributed by atoms with Crippen molar-refractivity contribution in [3.05, 3.63) is 123 Å². The molecule has 6 unspecified atom stereocenters. The molecule has 6 atom stereocenters. The zero-order chi connectivity index (χ0) is 45.7. The maximum absolute atomic E-state index is 14.2. The molecule has 2 fully saturated rings. The van der Waals surface area contributed by atoms with E-state index in [9.17, 15) is 24.9 Å². The molecule has 8 N–H and O–H groups in total. The normalized spacial score (nSPS) is 25.4. The van der Waals surface area contributed by atoms with Gasteiger partial charge in [-0.25, -0.2) is 0 Å². The number of phenolic OH excluding ortho intramolecular Hbond substituents is 2. The fraction of sp³-hybridized carbons (Fsp3) is 0.481. The van der Waals surface area contributed by atoms with Gasteiger partial charge in [0.05, 0.1) is 25.3 Å². The third kappa shape index (κ3) is 10.6. The van der Waals surface area contributed by atoms with E-state index in [-0.39, 0.29) is 46.9 Å². The lowest BCUT2D eigenvalue weighted by molar-refractivity contribution is -0.114. The second-order valence-electron chi connectivity index (χ2n) is 19.4. The number of aliphatic hydroxyl groups is 1. The van der Waals surface area contributed by atoms with E-state index in [1.54, 1.807) is 58.1 Å². The first-order valence-corrected chi connectivity index (χ1v) is 26.1. The van der Waals surface area contributed by atoms with E-state index in [1.807, 2.05) is 24.3 Å². The van der Waals surface area contributed by atoms with Gasteiger partial charge in [0.2, 0.25) is 0 Å². The maximum atomic E-state index is 14.2. The second-order valence-corrected chi connectivity index (χ2v) is 21.8. The molecule has 1 aliphatic heterocycles. The van der Waals surface area contributed by atoms with Crippen molar-refractivity contribution in [3.8, 4) is 29.1 Å². The van der Waals surface area contributed by atoms with Gasteiger partial charge in [0, 0.05) is 70.7 Å². The van der Waals surface area contributed by atoms with E-state index >= 15 is 0 Å². The Kier molecular flexibility index (Phi) is 14.9. The SMILES string of the molecule is CCCCCC(C)CC1CCC23CSSCc4cc5c(cc4C(N)N)C#CCc4[nH]ccc4C(=O)CC5c4cc(ccc4O)CCOc4cc(ccc4O)CCC(=O)C=CC1(CC2O)C3. The lowest BCUT2D eigenvalue weighted by atomic mass is 9.61. The number of rotatable bonds is 7. The summed E-state index contributed by atoms with van der Waals surface area (Å²) in [5, 5.41) is 34.5. The summed E-state index contributed by atoms with van der Waals surface area (Å²) in [6, 6.07) is 16.6. The first kappa shape index (κ1) is 47.1. The summed E-state index contributed by atoms with van der Waals surface area (Å²) in [6.45, 7) is 4.86. The summed E-state index contributed by atoms with van der Waals surface area (Å²) in [5.41, 5.74) is 19.4. The van der Waals surface area contributed by atoms with Crippen LogP contribution in [-0.2, 0) is 29.8 Å². The number of Topliss-reactive ketones (excluding diaryl/α,β-unsaturated/α-hetero) is 1. The number of ether oxygens (including phenoxy) is 1. The van der Waals surface area contributed by atoms with Gasteiger partial charge in [-0.2, -0.15) is 0 Å². The number of phenols is 2. The number of aromatic hydroxyl groups is 2. The van der Waals surface area contributed by atoms with Crippen LogP contribution in [0.1, 0.15) is 152 Å². The highest BCUT2D eigenvalue weighted by Gasteiger charge is 2.59. The van der Waals surface area contributed by atoms with Crippen molar-refractivity contribution in [2.45, 2.75) is 128 Å². The largest absolute Gasteiger partial charge is 0.508 e. The molecule has 0 spiro atoms. The minimum atomic E-state index is -0.772. The zero-order valence-corrected chi connectivity index (χ0v) is 39.5. The van der Waals surface area contributed by atoms with E-state index in [0.29, 0.717) is 72.1 Å². The van der Waals surface area contributed by atoms with Crippen LogP contribution in [0.4, 0.5) is 0 Å². The van der Waals surface area contributed by atoms with Crippen LogP contribution in [0.2, 0.25) is 0 Å². The van der Waals surface area contributed by atoms with E-state index in [2.05, 4.69) is 42.8 Å². The van der Waals surface area contributed by atoms with Gasteiger partial charge in [-0.05, 0) is 120 Å². The Morgan fingerprint density at radius 2 is 1.78 bits per heavy atom. The molecular weight excluding hydrogens is 851 g/mol. The fourth-order valence-electron chi connectivity index (χ4n) is 11.2. The van der Waals surface area contributed by atoms with Crippen LogP contribution in [0.5, 0.6) is 17.2 Å². The van der Waals surface area contributed by atoms with Gasteiger partial charge in [-0.1, -0.05) is 103 Å². The van der Waals surface area contributed by atoms with E-state index < -0.39 is 18.2 Å². The summed E-state index contributed by atoms with van der Waals surface area (Å²) in [5.74, 6) is 8.88. The molecule has 0 radical (unpaired) electrons. The Morgan fingerprint density at radius 3 is 2.60 bits per heavy atom.